The molecule has 2 aromatic rings. The van der Waals surface area contributed by atoms with Crippen LogP contribution < -0.4 is 10.6 Å². The molecule has 0 aliphatic carbocycles. The van der Waals surface area contributed by atoms with Gasteiger partial charge in [-0.2, -0.15) is 0 Å². The Morgan fingerprint density at radius 3 is 2.24 bits per heavy atom. The summed E-state index contributed by atoms with van der Waals surface area (Å²) in [4.78, 5) is 9.14. The standard InChI is InChI=1S/C24H35N5/c1-25-24(26-17-20-9-11-22(12-10-20)18-28(2)3)27-23-13-15-29(16-14-23)19-21-7-5-4-6-8-21/h4-12,23H,13-19H2,1-3H3,(H2,25,26,27). The summed E-state index contributed by atoms with van der Waals surface area (Å²) in [5.74, 6) is 0.892. The fourth-order valence-corrected chi connectivity index (χ4v) is 3.78. The van der Waals surface area contributed by atoms with E-state index in [-0.39, 0.29) is 0 Å². The van der Waals surface area contributed by atoms with Gasteiger partial charge in [0.15, 0.2) is 5.96 Å². The molecule has 0 spiro atoms. The largest absolute Gasteiger partial charge is 0.354 e. The second-order valence-electron chi connectivity index (χ2n) is 8.16. The summed E-state index contributed by atoms with van der Waals surface area (Å²) >= 11 is 0. The van der Waals surface area contributed by atoms with Gasteiger partial charge in [-0.3, -0.25) is 9.89 Å². The summed E-state index contributed by atoms with van der Waals surface area (Å²) < 4.78 is 0. The van der Waals surface area contributed by atoms with Gasteiger partial charge < -0.3 is 15.5 Å². The zero-order valence-electron chi connectivity index (χ0n) is 18.1. The van der Waals surface area contributed by atoms with Crippen molar-refractivity contribution >= 4 is 5.96 Å². The Bertz CT molecular complexity index is 747. The van der Waals surface area contributed by atoms with Gasteiger partial charge >= 0.3 is 0 Å². The van der Waals surface area contributed by atoms with Gasteiger partial charge in [0.05, 0.1) is 0 Å². The lowest BCUT2D eigenvalue weighted by Crippen LogP contribution is -2.48. The number of hydrogen-bond donors (Lipinski definition) is 2. The third kappa shape index (κ3) is 7.18. The molecule has 29 heavy (non-hydrogen) atoms. The summed E-state index contributed by atoms with van der Waals surface area (Å²) in [5.41, 5.74) is 4.00. The Labute approximate surface area is 175 Å². The molecular weight excluding hydrogens is 358 g/mol. The highest BCUT2D eigenvalue weighted by Crippen LogP contribution is 2.14. The molecule has 3 rings (SSSR count). The first kappa shape index (κ1) is 21.3. The summed E-state index contributed by atoms with van der Waals surface area (Å²) in [6.07, 6.45) is 2.29. The predicted octanol–water partition coefficient (Wildman–Crippen LogP) is 3.08. The highest BCUT2D eigenvalue weighted by molar-refractivity contribution is 5.79. The molecule has 0 bridgehead atoms. The topological polar surface area (TPSA) is 42.9 Å². The van der Waals surface area contributed by atoms with Gasteiger partial charge in [0.2, 0.25) is 0 Å². The van der Waals surface area contributed by atoms with Crippen LogP contribution in [0.25, 0.3) is 0 Å². The number of nitrogens with one attached hydrogen (secondary N) is 2. The van der Waals surface area contributed by atoms with Crippen molar-refractivity contribution in [2.75, 3.05) is 34.2 Å². The second-order valence-corrected chi connectivity index (χ2v) is 8.16. The molecule has 5 heteroatoms. The number of piperidine rings is 1. The minimum atomic E-state index is 0.482. The van der Waals surface area contributed by atoms with E-state index in [9.17, 15) is 0 Å². The third-order valence-electron chi connectivity index (χ3n) is 5.38. The van der Waals surface area contributed by atoms with E-state index in [4.69, 9.17) is 0 Å². The fourth-order valence-electron chi connectivity index (χ4n) is 3.78. The third-order valence-corrected chi connectivity index (χ3v) is 5.38. The Balaban J connectivity index is 1.40. The van der Waals surface area contributed by atoms with Crippen molar-refractivity contribution in [3.63, 3.8) is 0 Å². The van der Waals surface area contributed by atoms with Crippen LogP contribution >= 0.6 is 0 Å². The predicted molar refractivity (Wildman–Crippen MR) is 122 cm³/mol. The Hall–Kier alpha value is -2.37. The van der Waals surface area contributed by atoms with Crippen molar-refractivity contribution in [1.29, 1.82) is 0 Å². The molecule has 1 aliphatic rings. The van der Waals surface area contributed by atoms with Crippen LogP contribution in [-0.2, 0) is 19.6 Å². The summed E-state index contributed by atoms with van der Waals surface area (Å²) in [7, 11) is 6.04. The van der Waals surface area contributed by atoms with Crippen LogP contribution in [0.15, 0.2) is 59.6 Å². The quantitative estimate of drug-likeness (QED) is 0.560. The molecule has 156 valence electrons. The Kier molecular flexibility index (Phi) is 8.08. The van der Waals surface area contributed by atoms with Gasteiger partial charge in [0.1, 0.15) is 0 Å². The van der Waals surface area contributed by atoms with Crippen molar-refractivity contribution in [2.45, 2.75) is 38.5 Å². The highest BCUT2D eigenvalue weighted by atomic mass is 15.2. The van der Waals surface area contributed by atoms with Gasteiger partial charge in [-0.1, -0.05) is 54.6 Å². The molecule has 2 N–H and O–H groups in total. The molecule has 1 saturated heterocycles. The average molecular weight is 394 g/mol. The number of nitrogens with zero attached hydrogens (tertiary/aromatic N) is 3. The van der Waals surface area contributed by atoms with E-state index in [1.165, 1.54) is 16.7 Å². The zero-order valence-corrected chi connectivity index (χ0v) is 18.1. The van der Waals surface area contributed by atoms with Gasteiger partial charge in [-0.25, -0.2) is 0 Å². The van der Waals surface area contributed by atoms with Gasteiger partial charge in [0, 0.05) is 45.8 Å². The average Bonchev–Trinajstić information content (AvgIpc) is 2.74. The van der Waals surface area contributed by atoms with Crippen LogP contribution in [-0.4, -0.2) is 56.0 Å². The van der Waals surface area contributed by atoms with E-state index in [0.29, 0.717) is 6.04 Å². The van der Waals surface area contributed by atoms with Crippen LogP contribution in [0.4, 0.5) is 0 Å². The molecule has 1 heterocycles. The monoisotopic (exact) mass is 393 g/mol. The Morgan fingerprint density at radius 1 is 0.966 bits per heavy atom. The summed E-state index contributed by atoms with van der Waals surface area (Å²) in [6, 6.07) is 20.0. The second kappa shape index (κ2) is 11.0. The van der Waals surface area contributed by atoms with E-state index < -0.39 is 0 Å². The fraction of sp³-hybridized carbons (Fsp3) is 0.458. The van der Waals surface area contributed by atoms with Crippen LogP contribution in [0.3, 0.4) is 0 Å². The maximum absolute atomic E-state index is 4.42. The molecule has 0 radical (unpaired) electrons. The van der Waals surface area contributed by atoms with E-state index >= 15 is 0 Å². The lowest BCUT2D eigenvalue weighted by Gasteiger charge is -2.33. The van der Waals surface area contributed by atoms with E-state index in [1.807, 2.05) is 7.05 Å². The first-order chi connectivity index (χ1) is 14.1. The molecule has 1 aliphatic heterocycles. The van der Waals surface area contributed by atoms with Crippen LogP contribution in [0, 0.1) is 0 Å². The normalized spacial score (nSPS) is 16.2. The van der Waals surface area contributed by atoms with Gasteiger partial charge in [-0.05, 0) is 43.6 Å². The first-order valence-electron chi connectivity index (χ1n) is 10.6. The van der Waals surface area contributed by atoms with Crippen molar-refractivity contribution in [1.82, 2.24) is 20.4 Å². The van der Waals surface area contributed by atoms with Gasteiger partial charge in [-0.15, -0.1) is 0 Å². The molecular formula is C24H35N5. The van der Waals surface area contributed by atoms with E-state index in [2.05, 4.69) is 94.1 Å². The number of benzene rings is 2. The lowest BCUT2D eigenvalue weighted by molar-refractivity contribution is 0.198. The molecule has 0 unspecified atom stereocenters. The lowest BCUT2D eigenvalue weighted by atomic mass is 10.0. The minimum absolute atomic E-state index is 0.482. The number of hydrogen-bond acceptors (Lipinski definition) is 3. The van der Waals surface area contributed by atoms with Crippen molar-refractivity contribution in [3.05, 3.63) is 71.3 Å². The molecule has 0 saturated carbocycles. The molecule has 0 atom stereocenters. The van der Waals surface area contributed by atoms with Crippen LogP contribution in [0.1, 0.15) is 29.5 Å². The van der Waals surface area contributed by atoms with Crippen molar-refractivity contribution in [3.8, 4) is 0 Å². The highest BCUT2D eigenvalue weighted by Gasteiger charge is 2.20. The molecule has 5 nitrogen and oxygen atoms in total. The molecule has 1 fully saturated rings. The summed E-state index contributed by atoms with van der Waals surface area (Å²) in [6.45, 7) is 5.05. The van der Waals surface area contributed by atoms with E-state index in [1.54, 1.807) is 0 Å². The Morgan fingerprint density at radius 2 is 1.62 bits per heavy atom. The number of guanidine groups is 1. The number of rotatable bonds is 7. The number of aliphatic imine (C=N–C) groups is 1. The molecule has 0 amide bonds. The maximum Gasteiger partial charge on any atom is 0.191 e. The molecule has 0 aromatic heterocycles. The summed E-state index contributed by atoms with van der Waals surface area (Å²) in [5, 5.41) is 7.06. The SMILES string of the molecule is CN=C(NCc1ccc(CN(C)C)cc1)NC1CCN(Cc2ccccc2)CC1. The van der Waals surface area contributed by atoms with Crippen LogP contribution in [0.2, 0.25) is 0 Å². The van der Waals surface area contributed by atoms with Crippen molar-refractivity contribution in [2.24, 2.45) is 4.99 Å². The van der Waals surface area contributed by atoms with Gasteiger partial charge in [0.25, 0.3) is 0 Å². The number of likely N-dealkylation sites (tertiary alicyclic amines) is 1. The smallest absolute Gasteiger partial charge is 0.191 e. The zero-order chi connectivity index (χ0) is 20.5. The van der Waals surface area contributed by atoms with Crippen LogP contribution in [0.5, 0.6) is 0 Å². The first-order valence-corrected chi connectivity index (χ1v) is 10.6. The molecule has 2 aromatic carbocycles. The minimum Gasteiger partial charge on any atom is -0.354 e. The van der Waals surface area contributed by atoms with E-state index in [0.717, 1.165) is 51.5 Å². The van der Waals surface area contributed by atoms with Crippen molar-refractivity contribution < 1.29 is 0 Å². The maximum atomic E-state index is 4.42.